The Morgan fingerprint density at radius 1 is 1.35 bits per heavy atom. The molecule has 0 fully saturated rings. The molecule has 0 unspecified atom stereocenters. The van der Waals surface area contributed by atoms with Crippen LogP contribution in [0, 0.1) is 12.7 Å². The average Bonchev–Trinajstić information content (AvgIpc) is 2.53. The molecule has 17 heavy (non-hydrogen) atoms. The molecule has 2 rings (SSSR count). The molecule has 6 heteroatoms. The van der Waals surface area contributed by atoms with Crippen LogP contribution in [0.2, 0.25) is 0 Å². The lowest BCUT2D eigenvalue weighted by Crippen LogP contribution is -2.03. The second kappa shape index (κ2) is 4.12. The first-order chi connectivity index (χ1) is 7.85. The van der Waals surface area contributed by atoms with Gasteiger partial charge in [0.1, 0.15) is 17.2 Å². The van der Waals surface area contributed by atoms with Crippen LogP contribution in [0.5, 0.6) is 0 Å². The van der Waals surface area contributed by atoms with Crippen molar-refractivity contribution in [2.24, 2.45) is 0 Å². The van der Waals surface area contributed by atoms with Crippen molar-refractivity contribution in [3.8, 4) is 0 Å². The summed E-state index contributed by atoms with van der Waals surface area (Å²) in [6.45, 7) is 1.50. The minimum absolute atomic E-state index is 0.236. The molecule has 1 heterocycles. The smallest absolute Gasteiger partial charge is 0.264 e. The quantitative estimate of drug-likeness (QED) is 0.793. The van der Waals surface area contributed by atoms with Crippen LogP contribution < -0.4 is 0 Å². The van der Waals surface area contributed by atoms with Crippen molar-refractivity contribution >= 4 is 21.1 Å². The third kappa shape index (κ3) is 2.83. The molecule has 0 saturated carbocycles. The zero-order valence-electron chi connectivity index (χ0n) is 9.36. The maximum absolute atomic E-state index is 13.3. The van der Waals surface area contributed by atoms with Crippen molar-refractivity contribution in [3.63, 3.8) is 0 Å². The topological polar surface area (TPSA) is 56.5 Å². The minimum Gasteiger partial charge on any atom is -0.461 e. The monoisotopic (exact) mass is 258 g/mol. The zero-order valence-corrected chi connectivity index (χ0v) is 10.2. The summed E-state index contributed by atoms with van der Waals surface area (Å²) < 4.78 is 45.1. The number of hydrogen-bond donors (Lipinski definition) is 0. The third-order valence-corrected chi connectivity index (χ3v) is 2.76. The first-order valence-electron chi connectivity index (χ1n) is 4.88. The molecule has 0 saturated heterocycles. The van der Waals surface area contributed by atoms with Crippen molar-refractivity contribution < 1.29 is 21.4 Å². The summed E-state index contributed by atoms with van der Waals surface area (Å²) in [4.78, 5) is 0. The summed E-state index contributed by atoms with van der Waals surface area (Å²) >= 11 is 0. The van der Waals surface area contributed by atoms with E-state index in [4.69, 9.17) is 4.42 Å². The Morgan fingerprint density at radius 2 is 2.06 bits per heavy atom. The number of halogens is 1. The van der Waals surface area contributed by atoms with Crippen LogP contribution in [0.25, 0.3) is 11.0 Å². The third-order valence-electron chi connectivity index (χ3n) is 2.21. The van der Waals surface area contributed by atoms with Crippen LogP contribution in [0.15, 0.2) is 22.6 Å². The summed E-state index contributed by atoms with van der Waals surface area (Å²) in [6, 6.07) is 4.22. The van der Waals surface area contributed by atoms with E-state index < -0.39 is 15.9 Å². The molecule has 4 nitrogen and oxygen atoms in total. The molecule has 0 radical (unpaired) electrons. The van der Waals surface area contributed by atoms with E-state index >= 15 is 0 Å². The molecule has 0 aliphatic heterocycles. The maximum atomic E-state index is 13.3. The first kappa shape index (κ1) is 12.1. The van der Waals surface area contributed by atoms with Gasteiger partial charge in [-0.05, 0) is 25.1 Å². The molecule has 1 aromatic carbocycles. The second-order valence-electron chi connectivity index (χ2n) is 3.81. The van der Waals surface area contributed by atoms with E-state index in [2.05, 4.69) is 4.18 Å². The van der Waals surface area contributed by atoms with Gasteiger partial charge in [0.2, 0.25) is 0 Å². The van der Waals surface area contributed by atoms with Gasteiger partial charge >= 0.3 is 0 Å². The van der Waals surface area contributed by atoms with Gasteiger partial charge < -0.3 is 4.42 Å². The van der Waals surface area contributed by atoms with Gasteiger partial charge in [0, 0.05) is 10.9 Å². The number of hydrogen-bond acceptors (Lipinski definition) is 4. The van der Waals surface area contributed by atoms with Crippen LogP contribution in [-0.2, 0) is 20.9 Å². The molecule has 0 aliphatic rings. The largest absolute Gasteiger partial charge is 0.461 e. The molecule has 92 valence electrons. The van der Waals surface area contributed by atoms with Gasteiger partial charge in [-0.2, -0.15) is 8.42 Å². The lowest BCUT2D eigenvalue weighted by Gasteiger charge is -2.03. The van der Waals surface area contributed by atoms with Gasteiger partial charge in [0.25, 0.3) is 10.1 Å². The van der Waals surface area contributed by atoms with Crippen molar-refractivity contribution in [3.05, 3.63) is 35.3 Å². The van der Waals surface area contributed by atoms with Gasteiger partial charge in [0.15, 0.2) is 0 Å². The van der Waals surface area contributed by atoms with E-state index in [9.17, 15) is 12.8 Å². The molecule has 0 bridgehead atoms. The van der Waals surface area contributed by atoms with Crippen molar-refractivity contribution in [2.45, 2.75) is 13.5 Å². The lowest BCUT2D eigenvalue weighted by atomic mass is 10.1. The van der Waals surface area contributed by atoms with E-state index in [1.165, 1.54) is 12.1 Å². The van der Waals surface area contributed by atoms with Crippen LogP contribution in [0.1, 0.15) is 11.3 Å². The fourth-order valence-electron chi connectivity index (χ4n) is 1.59. The van der Waals surface area contributed by atoms with Crippen molar-refractivity contribution in [2.75, 3.05) is 6.26 Å². The molecule has 0 N–H and O–H groups in total. The second-order valence-corrected chi connectivity index (χ2v) is 5.45. The predicted molar refractivity (Wildman–Crippen MR) is 60.5 cm³/mol. The molecule has 1 aromatic heterocycles. The highest BCUT2D eigenvalue weighted by molar-refractivity contribution is 7.85. The summed E-state index contributed by atoms with van der Waals surface area (Å²) in [5.41, 5.74) is 0.825. The summed E-state index contributed by atoms with van der Waals surface area (Å²) in [7, 11) is -3.56. The lowest BCUT2D eigenvalue weighted by molar-refractivity contribution is 0.310. The van der Waals surface area contributed by atoms with Crippen molar-refractivity contribution in [1.82, 2.24) is 0 Å². The first-order valence-corrected chi connectivity index (χ1v) is 6.70. The molecule has 0 aliphatic carbocycles. The van der Waals surface area contributed by atoms with E-state index in [0.717, 1.165) is 6.26 Å². The van der Waals surface area contributed by atoms with E-state index in [-0.39, 0.29) is 6.61 Å². The molecule has 0 spiro atoms. The number of fused-ring (bicyclic) bond motifs is 1. The number of aryl methyl sites for hydroxylation is 1. The van der Waals surface area contributed by atoms with E-state index in [1.54, 1.807) is 13.0 Å². The Morgan fingerprint density at radius 3 is 2.71 bits per heavy atom. The number of rotatable bonds is 3. The Kier molecular flexibility index (Phi) is 2.92. The fraction of sp³-hybridized carbons (Fsp3) is 0.273. The van der Waals surface area contributed by atoms with Crippen molar-refractivity contribution in [1.29, 1.82) is 0 Å². The Labute approximate surface area is 98.1 Å². The summed E-state index contributed by atoms with van der Waals surface area (Å²) in [5, 5.41) is 0.592. The fourth-order valence-corrected chi connectivity index (χ4v) is 1.93. The number of benzene rings is 1. The zero-order chi connectivity index (χ0) is 12.6. The SMILES string of the molecule is Cc1cc2cc(F)cc(COS(C)(=O)=O)c2o1. The van der Waals surface area contributed by atoms with Gasteiger partial charge in [-0.3, -0.25) is 4.18 Å². The Balaban J connectivity index is 2.45. The standard InChI is InChI=1S/C11H11FO4S/c1-7-3-8-4-10(12)5-9(11(8)16-7)6-15-17(2,13)14/h3-5H,6H2,1-2H3. The molecular weight excluding hydrogens is 247 g/mol. The van der Waals surface area contributed by atoms with Crippen LogP contribution in [0.4, 0.5) is 4.39 Å². The summed E-state index contributed by atoms with van der Waals surface area (Å²) in [6.07, 6.45) is 0.941. The molecule has 0 amide bonds. The number of furan rings is 1. The highest BCUT2D eigenvalue weighted by Gasteiger charge is 2.11. The van der Waals surface area contributed by atoms with E-state index in [0.29, 0.717) is 22.3 Å². The average molecular weight is 258 g/mol. The Bertz CT molecular complexity index is 657. The van der Waals surface area contributed by atoms with Gasteiger partial charge in [-0.25, -0.2) is 4.39 Å². The van der Waals surface area contributed by atoms with Crippen LogP contribution >= 0.6 is 0 Å². The van der Waals surface area contributed by atoms with E-state index in [1.807, 2.05) is 0 Å². The maximum Gasteiger partial charge on any atom is 0.264 e. The molecule has 2 aromatic rings. The minimum atomic E-state index is -3.56. The molecular formula is C11H11FO4S. The van der Waals surface area contributed by atoms with Crippen LogP contribution in [-0.4, -0.2) is 14.7 Å². The van der Waals surface area contributed by atoms with Crippen LogP contribution in [0.3, 0.4) is 0 Å². The predicted octanol–water partition coefficient (Wildman–Crippen LogP) is 2.36. The molecule has 0 atom stereocenters. The highest BCUT2D eigenvalue weighted by atomic mass is 32.2. The van der Waals surface area contributed by atoms with Gasteiger partial charge in [0.05, 0.1) is 12.9 Å². The van der Waals surface area contributed by atoms with Gasteiger partial charge in [-0.15, -0.1) is 0 Å². The summed E-state index contributed by atoms with van der Waals surface area (Å²) in [5.74, 6) is 0.177. The highest BCUT2D eigenvalue weighted by Crippen LogP contribution is 2.25. The Hall–Kier alpha value is -1.40. The van der Waals surface area contributed by atoms with Gasteiger partial charge in [-0.1, -0.05) is 0 Å². The normalized spacial score (nSPS) is 12.2.